The minimum Gasteiger partial charge on any atom is -0.462 e. The molecule has 0 spiro atoms. The van der Waals surface area contributed by atoms with Crippen molar-refractivity contribution in [2.45, 2.75) is 258 Å². The van der Waals surface area contributed by atoms with Crippen molar-refractivity contribution in [3.05, 3.63) is 97.2 Å². The van der Waals surface area contributed by atoms with E-state index in [9.17, 15) is 14.4 Å². The lowest BCUT2D eigenvalue weighted by Gasteiger charge is -2.18. The van der Waals surface area contributed by atoms with Crippen molar-refractivity contribution in [2.75, 3.05) is 13.2 Å². The number of esters is 3. The van der Waals surface area contributed by atoms with Crippen molar-refractivity contribution < 1.29 is 28.6 Å². The molecule has 67 heavy (non-hydrogen) atoms. The zero-order valence-electron chi connectivity index (χ0n) is 43.6. The second-order valence-electron chi connectivity index (χ2n) is 18.1. The van der Waals surface area contributed by atoms with Gasteiger partial charge in [0, 0.05) is 19.3 Å². The fourth-order valence-electron chi connectivity index (χ4n) is 7.33. The van der Waals surface area contributed by atoms with E-state index >= 15 is 0 Å². The number of unbranched alkanes of at least 4 members (excludes halogenated alkanes) is 22. The summed E-state index contributed by atoms with van der Waals surface area (Å²) in [5, 5.41) is 0. The first-order chi connectivity index (χ1) is 33.0. The Morgan fingerprint density at radius 3 is 0.955 bits per heavy atom. The molecule has 0 fully saturated rings. The summed E-state index contributed by atoms with van der Waals surface area (Å²) >= 11 is 0. The van der Waals surface area contributed by atoms with Gasteiger partial charge < -0.3 is 14.2 Å². The van der Waals surface area contributed by atoms with Crippen molar-refractivity contribution in [3.8, 4) is 0 Å². The van der Waals surface area contributed by atoms with Gasteiger partial charge in [-0.15, -0.1) is 0 Å². The molecule has 0 heterocycles. The van der Waals surface area contributed by atoms with E-state index in [1.807, 2.05) is 0 Å². The van der Waals surface area contributed by atoms with Gasteiger partial charge in [0.1, 0.15) is 13.2 Å². The monoisotopic (exact) mass is 931 g/mol. The maximum atomic E-state index is 12.8. The summed E-state index contributed by atoms with van der Waals surface area (Å²) in [6.45, 7) is 6.50. The standard InChI is InChI=1S/C61H102O6/c1-4-7-10-13-16-19-22-25-28-30-33-36-39-42-45-48-51-54-60(63)66-57-58(56-65-59(62)53-50-47-44-41-38-35-32-27-24-21-18-15-12-9-6-3)67-61(64)55-52-49-46-43-40-37-34-31-29-26-23-20-17-14-11-8-5-2/h17,20-21,24-26,28-29,33-34,36-37,42-43,45-46,58H,4-16,18-19,22-23,27,30-32,35,38-41,44,47-57H2,1-3H3/b20-17-,24-21-,28-25-,29-26-,36-33-,37-34-,45-42-,46-43-/t58-/m0/s1. The molecule has 0 unspecified atom stereocenters. The number of allylic oxidation sites excluding steroid dienone is 16. The normalized spacial score (nSPS) is 12.8. The lowest BCUT2D eigenvalue weighted by molar-refractivity contribution is -0.167. The molecule has 0 aliphatic carbocycles. The first kappa shape index (κ1) is 63.3. The van der Waals surface area contributed by atoms with Crippen LogP contribution in [0, 0.1) is 0 Å². The van der Waals surface area contributed by atoms with Gasteiger partial charge in [-0.05, 0) is 116 Å². The minimum absolute atomic E-state index is 0.118. The predicted octanol–water partition coefficient (Wildman–Crippen LogP) is 18.5. The molecule has 0 aromatic heterocycles. The van der Waals surface area contributed by atoms with Crippen LogP contribution in [-0.4, -0.2) is 37.2 Å². The van der Waals surface area contributed by atoms with Gasteiger partial charge in [0.15, 0.2) is 6.10 Å². The van der Waals surface area contributed by atoms with E-state index in [4.69, 9.17) is 14.2 Å². The third-order valence-electron chi connectivity index (χ3n) is 11.5. The highest BCUT2D eigenvalue weighted by atomic mass is 16.6. The highest BCUT2D eigenvalue weighted by Crippen LogP contribution is 2.13. The van der Waals surface area contributed by atoms with Crippen molar-refractivity contribution >= 4 is 17.9 Å². The fourth-order valence-corrected chi connectivity index (χ4v) is 7.33. The molecule has 6 heteroatoms. The van der Waals surface area contributed by atoms with Gasteiger partial charge in [-0.2, -0.15) is 0 Å². The summed E-state index contributed by atoms with van der Waals surface area (Å²) in [5.41, 5.74) is 0. The number of carbonyl (C=O) groups is 3. The molecule has 0 saturated heterocycles. The minimum atomic E-state index is -0.829. The van der Waals surface area contributed by atoms with E-state index in [0.717, 1.165) is 64.2 Å². The molecule has 0 radical (unpaired) electrons. The van der Waals surface area contributed by atoms with E-state index in [0.29, 0.717) is 19.3 Å². The Morgan fingerprint density at radius 2 is 0.552 bits per heavy atom. The van der Waals surface area contributed by atoms with Crippen LogP contribution in [0.3, 0.4) is 0 Å². The molecule has 0 amide bonds. The highest BCUT2D eigenvalue weighted by molar-refractivity contribution is 5.71. The molecule has 0 N–H and O–H groups in total. The van der Waals surface area contributed by atoms with Crippen LogP contribution in [0.15, 0.2) is 97.2 Å². The maximum absolute atomic E-state index is 12.8. The molecule has 382 valence electrons. The lowest BCUT2D eigenvalue weighted by atomic mass is 10.1. The Morgan fingerprint density at radius 1 is 0.299 bits per heavy atom. The van der Waals surface area contributed by atoms with E-state index in [2.05, 4.69) is 118 Å². The van der Waals surface area contributed by atoms with E-state index in [1.165, 1.54) is 135 Å². The average Bonchev–Trinajstić information content (AvgIpc) is 3.33. The topological polar surface area (TPSA) is 78.9 Å². The van der Waals surface area contributed by atoms with E-state index in [1.54, 1.807) is 0 Å². The van der Waals surface area contributed by atoms with Gasteiger partial charge in [0.05, 0.1) is 0 Å². The van der Waals surface area contributed by atoms with Gasteiger partial charge in [0.25, 0.3) is 0 Å². The summed E-state index contributed by atoms with van der Waals surface area (Å²) in [5.74, 6) is -1.03. The lowest BCUT2D eigenvalue weighted by Crippen LogP contribution is -2.30. The molecule has 0 bridgehead atoms. The Hall–Kier alpha value is -3.67. The highest BCUT2D eigenvalue weighted by Gasteiger charge is 2.19. The number of carbonyl (C=O) groups excluding carboxylic acids is 3. The number of hydrogen-bond acceptors (Lipinski definition) is 6. The third-order valence-corrected chi connectivity index (χ3v) is 11.5. The molecule has 0 aliphatic heterocycles. The van der Waals surface area contributed by atoms with Gasteiger partial charge in [0.2, 0.25) is 0 Å². The summed E-state index contributed by atoms with van der Waals surface area (Å²) in [7, 11) is 0. The van der Waals surface area contributed by atoms with Gasteiger partial charge in [-0.1, -0.05) is 214 Å². The first-order valence-electron chi connectivity index (χ1n) is 27.7. The van der Waals surface area contributed by atoms with Crippen molar-refractivity contribution in [3.63, 3.8) is 0 Å². The van der Waals surface area contributed by atoms with Crippen LogP contribution in [0.25, 0.3) is 0 Å². The zero-order valence-corrected chi connectivity index (χ0v) is 43.6. The molecular formula is C61H102O6. The Bertz CT molecular complexity index is 1350. The second-order valence-corrected chi connectivity index (χ2v) is 18.1. The Labute approximate surface area is 413 Å². The van der Waals surface area contributed by atoms with Crippen LogP contribution in [0.4, 0.5) is 0 Å². The van der Waals surface area contributed by atoms with Crippen LogP contribution in [-0.2, 0) is 28.6 Å². The molecule has 0 aromatic rings. The quantitative estimate of drug-likeness (QED) is 0.0262. The smallest absolute Gasteiger partial charge is 0.306 e. The molecule has 6 nitrogen and oxygen atoms in total. The van der Waals surface area contributed by atoms with Gasteiger partial charge in [-0.3, -0.25) is 14.4 Å². The molecule has 0 rings (SSSR count). The van der Waals surface area contributed by atoms with Crippen LogP contribution < -0.4 is 0 Å². The largest absolute Gasteiger partial charge is 0.462 e. The second kappa shape index (κ2) is 54.9. The molecule has 0 aliphatic rings. The van der Waals surface area contributed by atoms with Crippen LogP contribution in [0.1, 0.15) is 252 Å². The fraction of sp³-hybridized carbons (Fsp3) is 0.689. The van der Waals surface area contributed by atoms with Crippen molar-refractivity contribution in [1.29, 1.82) is 0 Å². The summed E-state index contributed by atoms with van der Waals surface area (Å²) in [4.78, 5) is 38.0. The number of rotatable bonds is 49. The predicted molar refractivity (Wildman–Crippen MR) is 288 cm³/mol. The maximum Gasteiger partial charge on any atom is 0.306 e. The SMILES string of the molecule is CCCCC/C=C\C/C=C\C/C=C\C/C=C\CCCC(=O)O[C@H](COC(=O)CCC/C=C\C/C=C\C/C=C\CCCCCCCC)COC(=O)CCCCCCCCC/C=C\CCCCCC. The molecule has 0 saturated carbocycles. The number of hydrogen-bond donors (Lipinski definition) is 0. The molecule has 1 atom stereocenters. The summed E-state index contributed by atoms with van der Waals surface area (Å²) in [6.07, 6.45) is 72.6. The van der Waals surface area contributed by atoms with Gasteiger partial charge in [-0.25, -0.2) is 0 Å². The Kier molecular flexibility index (Phi) is 51.9. The molecule has 0 aromatic carbocycles. The summed E-state index contributed by atoms with van der Waals surface area (Å²) in [6, 6.07) is 0. The number of ether oxygens (including phenoxy) is 3. The van der Waals surface area contributed by atoms with Crippen molar-refractivity contribution in [1.82, 2.24) is 0 Å². The van der Waals surface area contributed by atoms with Crippen LogP contribution in [0.2, 0.25) is 0 Å². The third kappa shape index (κ3) is 53.2. The zero-order chi connectivity index (χ0) is 48.6. The average molecular weight is 931 g/mol. The summed E-state index contributed by atoms with van der Waals surface area (Å²) < 4.78 is 16.7. The van der Waals surface area contributed by atoms with Crippen LogP contribution >= 0.6 is 0 Å². The van der Waals surface area contributed by atoms with Crippen molar-refractivity contribution in [2.24, 2.45) is 0 Å². The molecular weight excluding hydrogens is 829 g/mol. The van der Waals surface area contributed by atoms with E-state index in [-0.39, 0.29) is 44.0 Å². The van der Waals surface area contributed by atoms with E-state index < -0.39 is 6.10 Å². The first-order valence-corrected chi connectivity index (χ1v) is 27.7. The van der Waals surface area contributed by atoms with Gasteiger partial charge >= 0.3 is 17.9 Å². The Balaban J connectivity index is 4.56. The van der Waals surface area contributed by atoms with Crippen LogP contribution in [0.5, 0.6) is 0 Å².